The van der Waals surface area contributed by atoms with E-state index in [1.807, 2.05) is 18.2 Å². The molecule has 0 aliphatic heterocycles. The smallest absolute Gasteiger partial charge is 0.219 e. The molecule has 1 aromatic rings. The Hall–Kier alpha value is -1.64. The largest absolute Gasteiger partial charge is 0.368 e. The van der Waals surface area contributed by atoms with Crippen molar-refractivity contribution in [2.24, 2.45) is 0 Å². The van der Waals surface area contributed by atoms with E-state index < -0.39 is 0 Å². The standard InChI is InChI=1S/C8H9N3/c9-8-10-6-4-2-1-3-5-7-11-8/h1-7H,(H2,9,10,11). The molecule has 0 fully saturated rings. The van der Waals surface area contributed by atoms with Crippen LogP contribution in [0.4, 0.5) is 5.95 Å². The van der Waals surface area contributed by atoms with E-state index in [4.69, 9.17) is 5.73 Å². The van der Waals surface area contributed by atoms with Crippen molar-refractivity contribution in [2.75, 3.05) is 5.73 Å². The van der Waals surface area contributed by atoms with Crippen molar-refractivity contribution >= 4 is 5.95 Å². The number of rotatable bonds is 0. The lowest BCUT2D eigenvalue weighted by molar-refractivity contribution is 1.22. The third kappa shape index (κ3) is 3.15. The van der Waals surface area contributed by atoms with Gasteiger partial charge in [0.15, 0.2) is 0 Å². The van der Waals surface area contributed by atoms with Gasteiger partial charge in [0.2, 0.25) is 5.95 Å². The lowest BCUT2D eigenvalue weighted by Gasteiger charge is -1.79. The van der Waals surface area contributed by atoms with Gasteiger partial charge in [-0.2, -0.15) is 0 Å². The first-order valence-corrected chi connectivity index (χ1v) is 3.25. The molecular formula is C8H9N3. The average molecular weight is 147 g/mol. The highest BCUT2D eigenvalue weighted by Crippen LogP contribution is 1.81. The van der Waals surface area contributed by atoms with E-state index in [-0.39, 0.29) is 5.95 Å². The van der Waals surface area contributed by atoms with Crippen molar-refractivity contribution < 1.29 is 0 Å². The fourth-order valence-corrected chi connectivity index (χ4v) is 0.564. The Morgan fingerprint density at radius 2 is 1.27 bits per heavy atom. The van der Waals surface area contributed by atoms with Crippen LogP contribution in [-0.4, -0.2) is 9.97 Å². The van der Waals surface area contributed by atoms with Gasteiger partial charge in [-0.1, -0.05) is 18.2 Å². The minimum absolute atomic E-state index is 0.265. The van der Waals surface area contributed by atoms with Crippen molar-refractivity contribution in [3.05, 3.63) is 42.7 Å². The number of aromatic nitrogens is 2. The SMILES string of the molecule is Nc1ncccccccn1. The lowest BCUT2D eigenvalue weighted by Crippen LogP contribution is -1.88. The fourth-order valence-electron chi connectivity index (χ4n) is 0.564. The van der Waals surface area contributed by atoms with Crippen molar-refractivity contribution in [3.63, 3.8) is 0 Å². The summed E-state index contributed by atoms with van der Waals surface area (Å²) in [7, 11) is 0. The quantitative estimate of drug-likeness (QED) is 0.599. The first kappa shape index (κ1) is 7.47. The van der Waals surface area contributed by atoms with Gasteiger partial charge >= 0.3 is 0 Å². The molecule has 56 valence electrons. The van der Waals surface area contributed by atoms with Gasteiger partial charge in [0.1, 0.15) is 0 Å². The zero-order valence-corrected chi connectivity index (χ0v) is 6.01. The van der Waals surface area contributed by atoms with Crippen LogP contribution in [-0.2, 0) is 0 Å². The maximum Gasteiger partial charge on any atom is 0.219 e. The maximum absolute atomic E-state index is 5.37. The predicted octanol–water partition coefficient (Wildman–Crippen LogP) is 1.18. The second-order valence-corrected chi connectivity index (χ2v) is 1.88. The summed E-state index contributed by atoms with van der Waals surface area (Å²) in [6.45, 7) is 0. The maximum atomic E-state index is 5.37. The zero-order valence-electron chi connectivity index (χ0n) is 6.01. The summed E-state index contributed by atoms with van der Waals surface area (Å²) >= 11 is 0. The van der Waals surface area contributed by atoms with Crippen molar-refractivity contribution in [1.82, 2.24) is 9.97 Å². The number of nitrogens with two attached hydrogens (primary N) is 1. The summed E-state index contributed by atoms with van der Waals surface area (Å²) in [5.74, 6) is 0.265. The Morgan fingerprint density at radius 1 is 0.818 bits per heavy atom. The highest BCUT2D eigenvalue weighted by atomic mass is 15.0. The molecule has 0 atom stereocenters. The number of nitrogens with zero attached hydrogens (tertiary/aromatic N) is 2. The summed E-state index contributed by atoms with van der Waals surface area (Å²) in [4.78, 5) is 7.63. The molecule has 0 spiro atoms. The van der Waals surface area contributed by atoms with Crippen LogP contribution in [0.2, 0.25) is 0 Å². The minimum Gasteiger partial charge on any atom is -0.368 e. The molecular weight excluding hydrogens is 138 g/mol. The van der Waals surface area contributed by atoms with Crippen LogP contribution in [0.25, 0.3) is 0 Å². The third-order valence-corrected chi connectivity index (χ3v) is 1.03. The molecule has 0 saturated heterocycles. The number of anilines is 1. The molecule has 0 saturated carbocycles. The van der Waals surface area contributed by atoms with Crippen LogP contribution in [0, 0.1) is 0 Å². The Labute approximate surface area is 65.3 Å². The van der Waals surface area contributed by atoms with Crippen LogP contribution >= 0.6 is 0 Å². The average Bonchev–Trinajstić information content (AvgIpc) is 2.03. The van der Waals surface area contributed by atoms with E-state index in [2.05, 4.69) is 9.97 Å². The van der Waals surface area contributed by atoms with Gasteiger partial charge in [-0.05, 0) is 12.1 Å². The van der Waals surface area contributed by atoms with Crippen molar-refractivity contribution in [2.45, 2.75) is 0 Å². The molecule has 1 aromatic heterocycles. The molecule has 1 heterocycles. The predicted molar refractivity (Wildman–Crippen MR) is 44.1 cm³/mol. The molecule has 0 radical (unpaired) electrons. The van der Waals surface area contributed by atoms with Gasteiger partial charge < -0.3 is 5.73 Å². The molecule has 0 aromatic carbocycles. The van der Waals surface area contributed by atoms with Gasteiger partial charge in [-0.25, -0.2) is 9.97 Å². The molecule has 2 N–H and O–H groups in total. The van der Waals surface area contributed by atoms with Gasteiger partial charge in [-0.15, -0.1) is 0 Å². The van der Waals surface area contributed by atoms with E-state index in [0.29, 0.717) is 0 Å². The summed E-state index contributed by atoms with van der Waals surface area (Å²) in [5.41, 5.74) is 5.37. The molecule has 3 heteroatoms. The van der Waals surface area contributed by atoms with E-state index in [1.54, 1.807) is 24.5 Å². The minimum atomic E-state index is 0.265. The molecule has 11 heavy (non-hydrogen) atoms. The Morgan fingerprint density at radius 3 is 1.82 bits per heavy atom. The fraction of sp³-hybridized carbons (Fsp3) is 0. The molecule has 0 bridgehead atoms. The first-order chi connectivity index (χ1) is 5.39. The molecule has 0 aliphatic carbocycles. The van der Waals surface area contributed by atoms with E-state index in [9.17, 15) is 0 Å². The highest BCUT2D eigenvalue weighted by Gasteiger charge is 1.72. The lowest BCUT2D eigenvalue weighted by atomic mass is 10.5. The van der Waals surface area contributed by atoms with E-state index in [0.717, 1.165) is 0 Å². The number of hydrogen-bond donors (Lipinski definition) is 1. The number of nitrogen functional groups attached to an aromatic ring is 1. The van der Waals surface area contributed by atoms with Crippen LogP contribution < -0.4 is 5.73 Å². The van der Waals surface area contributed by atoms with Gasteiger partial charge in [0.05, 0.1) is 0 Å². The summed E-state index contributed by atoms with van der Waals surface area (Å²) in [5, 5.41) is 0. The molecule has 0 unspecified atom stereocenters. The number of hydrogen-bond acceptors (Lipinski definition) is 3. The Balaban J connectivity index is 3.11. The first-order valence-electron chi connectivity index (χ1n) is 3.25. The summed E-state index contributed by atoms with van der Waals surface area (Å²) in [6, 6.07) is 9.20. The molecule has 1 rings (SSSR count). The van der Waals surface area contributed by atoms with Gasteiger partial charge in [0, 0.05) is 12.4 Å². The van der Waals surface area contributed by atoms with Gasteiger partial charge in [0.25, 0.3) is 0 Å². The van der Waals surface area contributed by atoms with Gasteiger partial charge in [-0.3, -0.25) is 0 Å². The van der Waals surface area contributed by atoms with Crippen molar-refractivity contribution in [3.8, 4) is 0 Å². The Kier molecular flexibility index (Phi) is 2.86. The topological polar surface area (TPSA) is 51.8 Å². The van der Waals surface area contributed by atoms with Crippen LogP contribution in [0.1, 0.15) is 0 Å². The summed E-state index contributed by atoms with van der Waals surface area (Å²) in [6.07, 6.45) is 3.20. The Bertz CT molecular complexity index is 247. The molecule has 0 amide bonds. The monoisotopic (exact) mass is 147 g/mol. The van der Waals surface area contributed by atoms with Crippen LogP contribution in [0.15, 0.2) is 42.7 Å². The zero-order chi connectivity index (χ0) is 7.94. The molecule has 3 nitrogen and oxygen atoms in total. The van der Waals surface area contributed by atoms with E-state index >= 15 is 0 Å². The normalized spacial score (nSPS) is 8.36. The van der Waals surface area contributed by atoms with Crippen LogP contribution in [0.3, 0.4) is 0 Å². The second-order valence-electron chi connectivity index (χ2n) is 1.88. The molecule has 0 aliphatic rings. The highest BCUT2D eigenvalue weighted by molar-refractivity contribution is 5.10. The third-order valence-electron chi connectivity index (χ3n) is 1.03. The second kappa shape index (κ2) is 4.22. The van der Waals surface area contributed by atoms with Crippen LogP contribution in [0.5, 0.6) is 0 Å². The van der Waals surface area contributed by atoms with Crippen molar-refractivity contribution in [1.29, 1.82) is 0 Å². The van der Waals surface area contributed by atoms with E-state index in [1.165, 1.54) is 0 Å². The summed E-state index contributed by atoms with van der Waals surface area (Å²) < 4.78 is 0.